The summed E-state index contributed by atoms with van der Waals surface area (Å²) >= 11 is 12.2. The van der Waals surface area contributed by atoms with Crippen LogP contribution in [0, 0.1) is 5.82 Å². The first-order valence-electron chi connectivity index (χ1n) is 9.67. The minimum Gasteiger partial charge on any atom is -0.465 e. The molecule has 0 unspecified atom stereocenters. The van der Waals surface area contributed by atoms with E-state index in [4.69, 9.17) is 27.9 Å². The van der Waals surface area contributed by atoms with Gasteiger partial charge in [0.2, 0.25) is 0 Å². The maximum atomic E-state index is 14.5. The fourth-order valence-corrected chi connectivity index (χ4v) is 3.86. The highest BCUT2D eigenvalue weighted by molar-refractivity contribution is 6.31. The van der Waals surface area contributed by atoms with Crippen molar-refractivity contribution in [2.45, 2.75) is 19.3 Å². The van der Waals surface area contributed by atoms with Gasteiger partial charge in [-0.2, -0.15) is 5.10 Å². The molecule has 0 saturated heterocycles. The summed E-state index contributed by atoms with van der Waals surface area (Å²) in [5, 5.41) is 5.33. The van der Waals surface area contributed by atoms with Crippen molar-refractivity contribution >= 4 is 34.8 Å². The van der Waals surface area contributed by atoms with Crippen molar-refractivity contribution < 1.29 is 13.9 Å². The molecule has 5 nitrogen and oxygen atoms in total. The molecule has 0 amide bonds. The molecule has 0 spiro atoms. The maximum Gasteiger partial charge on any atom is 0.315 e. The lowest BCUT2D eigenvalue weighted by Gasteiger charge is -2.18. The second-order valence-electron chi connectivity index (χ2n) is 6.88. The zero-order valence-corrected chi connectivity index (χ0v) is 18.1. The van der Waals surface area contributed by atoms with E-state index in [9.17, 15) is 9.18 Å². The lowest BCUT2D eigenvalue weighted by molar-refractivity contribution is -0.145. The van der Waals surface area contributed by atoms with E-state index in [1.54, 1.807) is 48.1 Å². The molecule has 0 fully saturated rings. The minimum atomic E-state index is -0.821. The van der Waals surface area contributed by atoms with Gasteiger partial charge in [-0.05, 0) is 49.2 Å². The molecule has 1 atom stereocenters. The van der Waals surface area contributed by atoms with Crippen molar-refractivity contribution in [1.29, 1.82) is 0 Å². The SMILES string of the molecule is CCOC(=O)[C@H](Cc1c(F)cccc1Cl)c1ccnc2c(-c3ccc(Cl)cc3)cnn12. The molecular weight excluding hydrogens is 440 g/mol. The molecule has 0 saturated carbocycles. The van der Waals surface area contributed by atoms with E-state index in [-0.39, 0.29) is 23.6 Å². The normalized spacial score (nSPS) is 12.1. The first-order chi connectivity index (χ1) is 15.0. The molecule has 0 bridgehead atoms. The Kier molecular flexibility index (Phi) is 6.20. The van der Waals surface area contributed by atoms with Crippen LogP contribution in [0.5, 0.6) is 0 Å². The summed E-state index contributed by atoms with van der Waals surface area (Å²) in [6.07, 6.45) is 3.30. The van der Waals surface area contributed by atoms with E-state index in [0.717, 1.165) is 11.1 Å². The number of hydrogen-bond donors (Lipinski definition) is 0. The van der Waals surface area contributed by atoms with Crippen LogP contribution in [0.25, 0.3) is 16.8 Å². The van der Waals surface area contributed by atoms with Crippen molar-refractivity contribution in [2.24, 2.45) is 0 Å². The largest absolute Gasteiger partial charge is 0.465 e. The maximum absolute atomic E-state index is 14.5. The molecule has 0 aliphatic heterocycles. The van der Waals surface area contributed by atoms with E-state index in [0.29, 0.717) is 16.4 Å². The first kappa shape index (κ1) is 21.3. The predicted octanol–water partition coefficient (Wildman–Crippen LogP) is 5.73. The van der Waals surface area contributed by atoms with Crippen molar-refractivity contribution in [3.63, 3.8) is 0 Å². The number of aromatic nitrogens is 3. The second kappa shape index (κ2) is 9.04. The van der Waals surface area contributed by atoms with E-state index in [1.807, 2.05) is 12.1 Å². The van der Waals surface area contributed by atoms with Crippen LogP contribution in [-0.2, 0) is 16.0 Å². The standard InChI is InChI=1S/C23H18Cl2FN3O2/c1-2-31-23(30)17(12-16-19(25)4-3-5-20(16)26)21-10-11-27-22-18(13-28-29(21)22)14-6-8-15(24)9-7-14/h3-11,13,17H,2,12H2,1H3/t17-/m1/s1. The van der Waals surface area contributed by atoms with E-state index in [1.165, 1.54) is 12.1 Å². The lowest BCUT2D eigenvalue weighted by Crippen LogP contribution is -2.22. The first-order valence-corrected chi connectivity index (χ1v) is 10.4. The average molecular weight is 458 g/mol. The summed E-state index contributed by atoms with van der Waals surface area (Å²) in [6, 6.07) is 13.4. The highest BCUT2D eigenvalue weighted by Crippen LogP contribution is 2.31. The Labute approximate surface area is 188 Å². The summed E-state index contributed by atoms with van der Waals surface area (Å²) in [4.78, 5) is 17.3. The minimum absolute atomic E-state index is 0.0274. The Hall–Kier alpha value is -2.96. The van der Waals surface area contributed by atoms with Gasteiger partial charge < -0.3 is 4.74 Å². The Bertz CT molecular complexity index is 1220. The van der Waals surface area contributed by atoms with E-state index >= 15 is 0 Å². The monoisotopic (exact) mass is 457 g/mol. The molecule has 0 aliphatic carbocycles. The van der Waals surface area contributed by atoms with Gasteiger partial charge in [-0.3, -0.25) is 4.79 Å². The summed E-state index contributed by atoms with van der Waals surface area (Å²) in [5.41, 5.74) is 3.01. The van der Waals surface area contributed by atoms with E-state index < -0.39 is 17.7 Å². The molecule has 0 N–H and O–H groups in total. The fraction of sp³-hybridized carbons (Fsp3) is 0.174. The highest BCUT2D eigenvalue weighted by atomic mass is 35.5. The number of carbonyl (C=O) groups is 1. The molecule has 2 aromatic carbocycles. The molecule has 0 radical (unpaired) electrons. The number of nitrogens with zero attached hydrogens (tertiary/aromatic N) is 3. The van der Waals surface area contributed by atoms with Crippen molar-refractivity contribution in [2.75, 3.05) is 6.61 Å². The second-order valence-corrected chi connectivity index (χ2v) is 7.72. The quantitative estimate of drug-likeness (QED) is 0.346. The lowest BCUT2D eigenvalue weighted by atomic mass is 9.95. The number of hydrogen-bond acceptors (Lipinski definition) is 4. The molecule has 8 heteroatoms. The van der Waals surface area contributed by atoms with Gasteiger partial charge in [-0.25, -0.2) is 13.9 Å². The summed E-state index contributed by atoms with van der Waals surface area (Å²) < 4.78 is 21.3. The topological polar surface area (TPSA) is 56.5 Å². The van der Waals surface area contributed by atoms with Crippen LogP contribution in [0.15, 0.2) is 60.9 Å². The number of benzene rings is 2. The van der Waals surface area contributed by atoms with Gasteiger partial charge in [0.1, 0.15) is 11.7 Å². The van der Waals surface area contributed by atoms with Crippen LogP contribution in [-0.4, -0.2) is 27.2 Å². The van der Waals surface area contributed by atoms with Crippen LogP contribution in [0.3, 0.4) is 0 Å². The molecule has 31 heavy (non-hydrogen) atoms. The molecule has 2 heterocycles. The summed E-state index contributed by atoms with van der Waals surface area (Å²) in [7, 11) is 0. The molecule has 158 valence electrons. The van der Waals surface area contributed by atoms with Crippen LogP contribution < -0.4 is 0 Å². The fourth-order valence-electron chi connectivity index (χ4n) is 3.49. The van der Waals surface area contributed by atoms with Gasteiger partial charge in [-0.1, -0.05) is 41.4 Å². The zero-order chi connectivity index (χ0) is 22.0. The Balaban J connectivity index is 1.82. The highest BCUT2D eigenvalue weighted by Gasteiger charge is 2.28. The predicted molar refractivity (Wildman–Crippen MR) is 118 cm³/mol. The van der Waals surface area contributed by atoms with Gasteiger partial charge in [0.25, 0.3) is 0 Å². The number of halogens is 3. The number of rotatable bonds is 6. The Morgan fingerprint density at radius 1 is 1.16 bits per heavy atom. The summed E-state index contributed by atoms with van der Waals surface area (Å²) in [6.45, 7) is 1.92. The summed E-state index contributed by atoms with van der Waals surface area (Å²) in [5.74, 6) is -1.79. The van der Waals surface area contributed by atoms with Gasteiger partial charge in [0.15, 0.2) is 5.65 Å². The van der Waals surface area contributed by atoms with Gasteiger partial charge in [0, 0.05) is 27.4 Å². The molecule has 4 aromatic rings. The third-order valence-corrected chi connectivity index (χ3v) is 5.59. The third-order valence-electron chi connectivity index (χ3n) is 4.98. The van der Waals surface area contributed by atoms with Crippen LogP contribution in [0.4, 0.5) is 4.39 Å². The molecular formula is C23H18Cl2FN3O2. The number of ether oxygens (including phenoxy) is 1. The van der Waals surface area contributed by atoms with Gasteiger partial charge in [-0.15, -0.1) is 0 Å². The Morgan fingerprint density at radius 3 is 2.65 bits per heavy atom. The zero-order valence-electron chi connectivity index (χ0n) is 16.6. The number of carbonyl (C=O) groups excluding carboxylic acids is 1. The number of fused-ring (bicyclic) bond motifs is 1. The van der Waals surface area contributed by atoms with Crippen molar-refractivity contribution in [3.8, 4) is 11.1 Å². The molecule has 4 rings (SSSR count). The smallest absolute Gasteiger partial charge is 0.315 e. The van der Waals surface area contributed by atoms with Crippen LogP contribution in [0.1, 0.15) is 24.1 Å². The Morgan fingerprint density at radius 2 is 1.94 bits per heavy atom. The van der Waals surface area contributed by atoms with Crippen LogP contribution in [0.2, 0.25) is 10.0 Å². The van der Waals surface area contributed by atoms with Crippen LogP contribution >= 0.6 is 23.2 Å². The molecule has 0 aliphatic rings. The van der Waals surface area contributed by atoms with Gasteiger partial charge in [0.05, 0.1) is 18.5 Å². The van der Waals surface area contributed by atoms with Crippen molar-refractivity contribution in [3.05, 3.63) is 88.0 Å². The van der Waals surface area contributed by atoms with Crippen molar-refractivity contribution in [1.82, 2.24) is 14.6 Å². The van der Waals surface area contributed by atoms with E-state index in [2.05, 4.69) is 10.1 Å². The average Bonchev–Trinajstić information content (AvgIpc) is 3.19. The van der Waals surface area contributed by atoms with Gasteiger partial charge >= 0.3 is 5.97 Å². The molecule has 2 aromatic heterocycles. The third kappa shape index (κ3) is 4.27. The number of esters is 1.